The smallest absolute Gasteiger partial charge is 0.238 e. The number of benzene rings is 1. The van der Waals surface area contributed by atoms with E-state index in [2.05, 4.69) is 15.3 Å². The first kappa shape index (κ1) is 17.9. The number of nitrogens with two attached hydrogens (primary N) is 1. The molecule has 0 spiro atoms. The van der Waals surface area contributed by atoms with Crippen LogP contribution in [-0.4, -0.2) is 60.6 Å². The number of piperazine rings is 1. The van der Waals surface area contributed by atoms with Gasteiger partial charge in [0.25, 0.3) is 0 Å². The van der Waals surface area contributed by atoms with Gasteiger partial charge in [0.15, 0.2) is 11.6 Å². The first-order valence-electron chi connectivity index (χ1n) is 8.24. The fourth-order valence-corrected chi connectivity index (χ4v) is 2.87. The number of nitrogen functional groups attached to an aromatic ring is 1. The van der Waals surface area contributed by atoms with E-state index in [1.54, 1.807) is 12.1 Å². The Kier molecular flexibility index (Phi) is 5.47. The third-order valence-electron chi connectivity index (χ3n) is 4.20. The van der Waals surface area contributed by atoms with Crippen molar-refractivity contribution < 1.29 is 13.9 Å². The molecule has 138 valence electrons. The summed E-state index contributed by atoms with van der Waals surface area (Å²) in [5, 5.41) is 2.60. The molecular formula is C17H21FN6O2. The molecule has 0 aliphatic carbocycles. The first-order valence-corrected chi connectivity index (χ1v) is 8.24. The predicted octanol–water partition coefficient (Wildman–Crippen LogP) is 0.967. The maximum Gasteiger partial charge on any atom is 0.238 e. The average molecular weight is 360 g/mol. The van der Waals surface area contributed by atoms with Gasteiger partial charge in [-0.1, -0.05) is 12.1 Å². The first-order chi connectivity index (χ1) is 12.6. The Morgan fingerprint density at radius 1 is 1.27 bits per heavy atom. The summed E-state index contributed by atoms with van der Waals surface area (Å²) in [6.07, 6.45) is 1.40. The van der Waals surface area contributed by atoms with Crippen LogP contribution in [0.1, 0.15) is 0 Å². The molecule has 3 N–H and O–H groups in total. The largest absolute Gasteiger partial charge is 0.490 e. The number of aromatic nitrogens is 2. The van der Waals surface area contributed by atoms with E-state index in [0.717, 1.165) is 0 Å². The zero-order valence-electron chi connectivity index (χ0n) is 14.5. The van der Waals surface area contributed by atoms with Gasteiger partial charge >= 0.3 is 0 Å². The van der Waals surface area contributed by atoms with E-state index < -0.39 is 5.82 Å². The topological polar surface area (TPSA) is 96.6 Å². The molecule has 0 radical (unpaired) electrons. The standard InChI is InChI=1S/C17H21FN6O2/c1-26-15-16(19)20-11-21-17(15)24-8-6-23(7-9-24)10-14(25)22-13-5-3-2-4-12(13)18/h2-5,11H,6-10H2,1H3,(H,22,25)(H2,19,20,21). The molecule has 0 saturated carbocycles. The van der Waals surface area contributed by atoms with Crippen LogP contribution >= 0.6 is 0 Å². The molecule has 0 unspecified atom stereocenters. The summed E-state index contributed by atoms with van der Waals surface area (Å²) in [5.74, 6) is 0.712. The van der Waals surface area contributed by atoms with Crippen LogP contribution < -0.4 is 20.7 Å². The lowest BCUT2D eigenvalue weighted by molar-refractivity contribution is -0.117. The normalized spacial score (nSPS) is 14.9. The molecule has 1 amide bonds. The van der Waals surface area contributed by atoms with Crippen LogP contribution in [0.4, 0.5) is 21.7 Å². The van der Waals surface area contributed by atoms with Crippen LogP contribution in [0.25, 0.3) is 0 Å². The molecule has 8 nitrogen and oxygen atoms in total. The molecule has 1 saturated heterocycles. The number of ether oxygens (including phenoxy) is 1. The van der Waals surface area contributed by atoms with Crippen molar-refractivity contribution in [2.24, 2.45) is 0 Å². The third-order valence-corrected chi connectivity index (χ3v) is 4.20. The number of halogens is 1. The molecule has 0 atom stereocenters. The fourth-order valence-electron chi connectivity index (χ4n) is 2.87. The van der Waals surface area contributed by atoms with E-state index in [0.29, 0.717) is 43.6 Å². The number of nitrogens with one attached hydrogen (secondary N) is 1. The molecule has 2 aromatic rings. The highest BCUT2D eigenvalue weighted by Crippen LogP contribution is 2.30. The summed E-state index contributed by atoms with van der Waals surface area (Å²) in [6.45, 7) is 2.86. The Balaban J connectivity index is 1.55. The van der Waals surface area contributed by atoms with E-state index in [1.807, 2.05) is 9.80 Å². The number of carbonyl (C=O) groups excluding carboxylic acids is 1. The van der Waals surface area contributed by atoms with Gasteiger partial charge in [-0.2, -0.15) is 0 Å². The molecule has 0 bridgehead atoms. The Morgan fingerprint density at radius 2 is 2.00 bits per heavy atom. The van der Waals surface area contributed by atoms with Crippen LogP contribution in [0.3, 0.4) is 0 Å². The summed E-state index contributed by atoms with van der Waals surface area (Å²) in [7, 11) is 1.53. The average Bonchev–Trinajstić information content (AvgIpc) is 2.64. The van der Waals surface area contributed by atoms with Gasteiger partial charge in [0.05, 0.1) is 19.3 Å². The Labute approximate surface area is 150 Å². The van der Waals surface area contributed by atoms with Crippen molar-refractivity contribution >= 4 is 23.2 Å². The van der Waals surface area contributed by atoms with Crippen LogP contribution in [0.5, 0.6) is 5.75 Å². The van der Waals surface area contributed by atoms with Gasteiger partial charge in [-0.05, 0) is 12.1 Å². The van der Waals surface area contributed by atoms with Crippen LogP contribution in [0, 0.1) is 5.82 Å². The number of para-hydroxylation sites is 1. The van der Waals surface area contributed by atoms with E-state index in [4.69, 9.17) is 10.5 Å². The summed E-state index contributed by atoms with van der Waals surface area (Å²) in [5.41, 5.74) is 6.01. The maximum atomic E-state index is 13.6. The second-order valence-corrected chi connectivity index (χ2v) is 5.91. The summed E-state index contributed by atoms with van der Waals surface area (Å²) < 4.78 is 18.9. The molecule has 1 aromatic carbocycles. The third kappa shape index (κ3) is 3.99. The van der Waals surface area contributed by atoms with E-state index in [9.17, 15) is 9.18 Å². The quantitative estimate of drug-likeness (QED) is 0.820. The lowest BCUT2D eigenvalue weighted by Gasteiger charge is -2.35. The van der Waals surface area contributed by atoms with Gasteiger partial charge in [0.1, 0.15) is 12.1 Å². The van der Waals surface area contributed by atoms with Gasteiger partial charge in [0, 0.05) is 26.2 Å². The highest BCUT2D eigenvalue weighted by molar-refractivity contribution is 5.92. The van der Waals surface area contributed by atoms with Crippen molar-refractivity contribution in [2.45, 2.75) is 0 Å². The van der Waals surface area contributed by atoms with Gasteiger partial charge in [-0.15, -0.1) is 0 Å². The van der Waals surface area contributed by atoms with Crippen molar-refractivity contribution in [1.29, 1.82) is 0 Å². The van der Waals surface area contributed by atoms with Crippen molar-refractivity contribution in [3.63, 3.8) is 0 Å². The van der Waals surface area contributed by atoms with E-state index in [-0.39, 0.29) is 18.1 Å². The number of anilines is 3. The number of amides is 1. The highest BCUT2D eigenvalue weighted by atomic mass is 19.1. The SMILES string of the molecule is COc1c(N)ncnc1N1CCN(CC(=O)Nc2ccccc2F)CC1. The minimum absolute atomic E-state index is 0.192. The van der Waals surface area contributed by atoms with Gasteiger partial charge in [-0.3, -0.25) is 9.69 Å². The second-order valence-electron chi connectivity index (χ2n) is 5.91. The number of hydrogen-bond acceptors (Lipinski definition) is 7. The zero-order valence-corrected chi connectivity index (χ0v) is 14.5. The van der Waals surface area contributed by atoms with Gasteiger partial charge in [-0.25, -0.2) is 14.4 Å². The molecule has 2 heterocycles. The molecule has 9 heteroatoms. The number of rotatable bonds is 5. The van der Waals surface area contributed by atoms with Crippen molar-refractivity contribution in [3.8, 4) is 5.75 Å². The van der Waals surface area contributed by atoms with Crippen molar-refractivity contribution in [1.82, 2.24) is 14.9 Å². The van der Waals surface area contributed by atoms with E-state index >= 15 is 0 Å². The minimum atomic E-state index is -0.445. The Hall–Kier alpha value is -2.94. The van der Waals surface area contributed by atoms with Gasteiger partial charge < -0.3 is 20.7 Å². The summed E-state index contributed by atoms with van der Waals surface area (Å²) in [4.78, 5) is 24.4. The van der Waals surface area contributed by atoms with Crippen molar-refractivity contribution in [2.75, 3.05) is 55.8 Å². The number of nitrogens with zero attached hydrogens (tertiary/aromatic N) is 4. The molecule has 3 rings (SSSR count). The predicted molar refractivity (Wildman–Crippen MR) is 96.7 cm³/mol. The zero-order chi connectivity index (χ0) is 18.5. The number of methoxy groups -OCH3 is 1. The monoisotopic (exact) mass is 360 g/mol. The van der Waals surface area contributed by atoms with Crippen LogP contribution in [0.15, 0.2) is 30.6 Å². The van der Waals surface area contributed by atoms with Crippen LogP contribution in [0.2, 0.25) is 0 Å². The Bertz CT molecular complexity index is 780. The maximum absolute atomic E-state index is 13.6. The Morgan fingerprint density at radius 3 is 2.69 bits per heavy atom. The molecule has 1 aliphatic rings. The second kappa shape index (κ2) is 7.96. The van der Waals surface area contributed by atoms with Crippen molar-refractivity contribution in [3.05, 3.63) is 36.4 Å². The number of hydrogen-bond donors (Lipinski definition) is 2. The van der Waals surface area contributed by atoms with Gasteiger partial charge in [0.2, 0.25) is 11.7 Å². The number of carbonyl (C=O) groups is 1. The van der Waals surface area contributed by atoms with E-state index in [1.165, 1.54) is 25.6 Å². The summed E-state index contributed by atoms with van der Waals surface area (Å²) in [6, 6.07) is 6.11. The summed E-state index contributed by atoms with van der Waals surface area (Å²) >= 11 is 0. The minimum Gasteiger partial charge on any atom is -0.490 e. The molecular weight excluding hydrogens is 339 g/mol. The lowest BCUT2D eigenvalue weighted by atomic mass is 10.2. The van der Waals surface area contributed by atoms with Crippen LogP contribution in [-0.2, 0) is 4.79 Å². The highest BCUT2D eigenvalue weighted by Gasteiger charge is 2.23. The molecule has 1 aromatic heterocycles. The molecule has 1 aliphatic heterocycles. The molecule has 1 fully saturated rings. The lowest BCUT2D eigenvalue weighted by Crippen LogP contribution is -2.49. The fraction of sp³-hybridized carbons (Fsp3) is 0.353. The molecule has 26 heavy (non-hydrogen) atoms.